The molecule has 2 saturated heterocycles. The lowest BCUT2D eigenvalue weighted by molar-refractivity contribution is 0.0470. The van der Waals surface area contributed by atoms with Crippen LogP contribution in [0.1, 0.15) is 48.0 Å². The summed E-state index contributed by atoms with van der Waals surface area (Å²) in [6.07, 6.45) is 7.55. The van der Waals surface area contributed by atoms with Gasteiger partial charge in [-0.2, -0.15) is 0 Å². The molecule has 0 radical (unpaired) electrons. The van der Waals surface area contributed by atoms with Crippen molar-refractivity contribution in [3.8, 4) is 0 Å². The summed E-state index contributed by atoms with van der Waals surface area (Å²) in [5.74, 6) is 1.86. The third-order valence-corrected chi connectivity index (χ3v) is 5.98. The first-order valence-corrected chi connectivity index (χ1v) is 9.66. The highest BCUT2D eigenvalue weighted by molar-refractivity contribution is 5.95. The van der Waals surface area contributed by atoms with Crippen molar-refractivity contribution in [2.45, 2.75) is 38.5 Å². The van der Waals surface area contributed by atoms with Gasteiger partial charge in [-0.05, 0) is 87.2 Å². The number of piperidine rings is 1. The topological polar surface area (TPSA) is 44.4 Å². The molecule has 3 aliphatic heterocycles. The molecule has 4 nitrogen and oxygen atoms in total. The Hall–Kier alpha value is -1.55. The zero-order chi connectivity index (χ0) is 16.4. The number of likely N-dealkylation sites (tertiary alicyclic amines) is 1. The molecular formula is C20H29N3O. The van der Waals surface area contributed by atoms with Gasteiger partial charge >= 0.3 is 0 Å². The van der Waals surface area contributed by atoms with Crippen molar-refractivity contribution in [2.24, 2.45) is 11.8 Å². The summed E-state index contributed by atoms with van der Waals surface area (Å²) in [6, 6.07) is 6.17. The van der Waals surface area contributed by atoms with Crippen LogP contribution in [0.25, 0.3) is 0 Å². The first-order valence-electron chi connectivity index (χ1n) is 9.66. The minimum Gasteiger partial charge on any atom is -0.385 e. The molecule has 130 valence electrons. The molecule has 0 aliphatic carbocycles. The summed E-state index contributed by atoms with van der Waals surface area (Å²) < 4.78 is 0. The molecule has 1 amide bonds. The van der Waals surface area contributed by atoms with Gasteiger partial charge in [-0.3, -0.25) is 4.79 Å². The van der Waals surface area contributed by atoms with Crippen LogP contribution in [0.15, 0.2) is 18.2 Å². The average molecular weight is 327 g/mol. The van der Waals surface area contributed by atoms with E-state index >= 15 is 0 Å². The lowest BCUT2D eigenvalue weighted by Gasteiger charge is -2.40. The fraction of sp³-hybridized carbons (Fsp3) is 0.650. The zero-order valence-electron chi connectivity index (χ0n) is 14.5. The predicted molar refractivity (Wildman–Crippen MR) is 97.5 cm³/mol. The number of nitrogens with one attached hydrogen (secondary N) is 2. The van der Waals surface area contributed by atoms with E-state index in [4.69, 9.17) is 0 Å². The van der Waals surface area contributed by atoms with E-state index in [2.05, 4.69) is 22.8 Å². The number of fused-ring (bicyclic) bond motifs is 1. The van der Waals surface area contributed by atoms with E-state index in [-0.39, 0.29) is 5.91 Å². The van der Waals surface area contributed by atoms with Crippen molar-refractivity contribution < 1.29 is 4.79 Å². The molecule has 2 fully saturated rings. The van der Waals surface area contributed by atoms with E-state index in [0.717, 1.165) is 49.9 Å². The van der Waals surface area contributed by atoms with Crippen LogP contribution in [0.4, 0.5) is 5.69 Å². The minimum absolute atomic E-state index is 0.224. The van der Waals surface area contributed by atoms with E-state index in [1.807, 2.05) is 11.0 Å². The minimum atomic E-state index is 0.224. The monoisotopic (exact) mass is 327 g/mol. The summed E-state index contributed by atoms with van der Waals surface area (Å²) in [5, 5.41) is 6.85. The molecule has 0 bridgehead atoms. The van der Waals surface area contributed by atoms with Gasteiger partial charge in [-0.15, -0.1) is 0 Å². The molecule has 0 spiro atoms. The zero-order valence-corrected chi connectivity index (χ0v) is 14.5. The van der Waals surface area contributed by atoms with Crippen molar-refractivity contribution in [1.82, 2.24) is 10.2 Å². The number of benzene rings is 1. The summed E-state index contributed by atoms with van der Waals surface area (Å²) in [6.45, 7) is 5.34. The van der Waals surface area contributed by atoms with Gasteiger partial charge in [0, 0.05) is 30.9 Å². The highest BCUT2D eigenvalue weighted by Crippen LogP contribution is 2.29. The fourth-order valence-electron chi connectivity index (χ4n) is 4.35. The summed E-state index contributed by atoms with van der Waals surface area (Å²) >= 11 is 0. The van der Waals surface area contributed by atoms with Crippen LogP contribution in [0, 0.1) is 11.8 Å². The Morgan fingerprint density at radius 3 is 2.71 bits per heavy atom. The number of anilines is 1. The molecule has 0 aromatic heterocycles. The average Bonchev–Trinajstić information content (AvgIpc) is 2.60. The highest BCUT2D eigenvalue weighted by atomic mass is 16.2. The van der Waals surface area contributed by atoms with Crippen LogP contribution >= 0.6 is 0 Å². The summed E-state index contributed by atoms with van der Waals surface area (Å²) in [7, 11) is 0. The smallest absolute Gasteiger partial charge is 0.253 e. The third kappa shape index (κ3) is 3.44. The van der Waals surface area contributed by atoms with Gasteiger partial charge in [-0.25, -0.2) is 0 Å². The van der Waals surface area contributed by atoms with Crippen LogP contribution in [0.3, 0.4) is 0 Å². The summed E-state index contributed by atoms with van der Waals surface area (Å²) in [4.78, 5) is 14.7. The number of carbonyl (C=O) groups is 1. The molecule has 3 aliphatic rings. The second kappa shape index (κ2) is 7.14. The van der Waals surface area contributed by atoms with Crippen molar-refractivity contribution >= 4 is 11.6 Å². The Bertz CT molecular complexity index is 589. The molecule has 2 N–H and O–H groups in total. The maximum absolute atomic E-state index is 12.7. The Labute approximate surface area is 145 Å². The lowest BCUT2D eigenvalue weighted by atomic mass is 9.86. The van der Waals surface area contributed by atoms with Gasteiger partial charge in [0.05, 0.1) is 0 Å². The van der Waals surface area contributed by atoms with Crippen LogP contribution < -0.4 is 10.6 Å². The number of aryl methyl sites for hydroxylation is 1. The molecule has 1 aromatic rings. The highest BCUT2D eigenvalue weighted by Gasteiger charge is 2.31. The Kier molecular flexibility index (Phi) is 4.74. The lowest BCUT2D eigenvalue weighted by Crippen LogP contribution is -2.50. The van der Waals surface area contributed by atoms with E-state index < -0.39 is 0 Å². The molecule has 24 heavy (non-hydrogen) atoms. The van der Waals surface area contributed by atoms with Crippen LogP contribution in [0.2, 0.25) is 0 Å². The molecule has 3 heterocycles. The van der Waals surface area contributed by atoms with Gasteiger partial charge in [0.15, 0.2) is 0 Å². The molecule has 0 atom stereocenters. The van der Waals surface area contributed by atoms with E-state index in [9.17, 15) is 4.79 Å². The second-order valence-corrected chi connectivity index (χ2v) is 7.75. The maximum atomic E-state index is 12.7. The fourth-order valence-corrected chi connectivity index (χ4v) is 4.35. The second-order valence-electron chi connectivity index (χ2n) is 7.75. The van der Waals surface area contributed by atoms with Crippen molar-refractivity contribution in [3.63, 3.8) is 0 Å². The summed E-state index contributed by atoms with van der Waals surface area (Å²) in [5.41, 5.74) is 3.38. The van der Waals surface area contributed by atoms with Gasteiger partial charge in [0.2, 0.25) is 0 Å². The SMILES string of the molecule is O=C(c1ccc2c(c1)CCCN2)N1CC(CCC2CCNCC2)C1. The molecule has 4 rings (SSSR count). The molecule has 0 saturated carbocycles. The number of hydrogen-bond donors (Lipinski definition) is 2. The number of nitrogens with zero attached hydrogens (tertiary/aromatic N) is 1. The maximum Gasteiger partial charge on any atom is 0.253 e. The van der Waals surface area contributed by atoms with Gasteiger partial charge < -0.3 is 15.5 Å². The van der Waals surface area contributed by atoms with Crippen molar-refractivity contribution in [3.05, 3.63) is 29.3 Å². The Morgan fingerprint density at radius 2 is 1.88 bits per heavy atom. The number of carbonyl (C=O) groups excluding carboxylic acids is 1. The Balaban J connectivity index is 1.26. The first kappa shape index (κ1) is 15.9. The predicted octanol–water partition coefficient (Wildman–Crippen LogP) is 2.90. The van der Waals surface area contributed by atoms with E-state index in [1.54, 1.807) is 0 Å². The molecule has 1 aromatic carbocycles. The molecule has 0 unspecified atom stereocenters. The normalized spacial score (nSPS) is 21.8. The molecular weight excluding hydrogens is 298 g/mol. The van der Waals surface area contributed by atoms with E-state index in [0.29, 0.717) is 0 Å². The van der Waals surface area contributed by atoms with Gasteiger partial charge in [-0.1, -0.05) is 0 Å². The Morgan fingerprint density at radius 1 is 1.08 bits per heavy atom. The standard InChI is InChI=1S/C20H29N3O/c24-20(18-5-6-19-17(12-18)2-1-9-22-19)23-13-16(14-23)4-3-15-7-10-21-11-8-15/h5-6,12,15-16,21-22H,1-4,7-11,13-14H2. The molecule has 4 heteroatoms. The quantitative estimate of drug-likeness (QED) is 0.894. The van der Waals surface area contributed by atoms with Gasteiger partial charge in [0.1, 0.15) is 0 Å². The van der Waals surface area contributed by atoms with Crippen molar-refractivity contribution in [1.29, 1.82) is 0 Å². The van der Waals surface area contributed by atoms with Crippen molar-refractivity contribution in [2.75, 3.05) is 38.0 Å². The first-order chi connectivity index (χ1) is 11.8. The van der Waals surface area contributed by atoms with Crippen LogP contribution in [-0.4, -0.2) is 43.5 Å². The number of hydrogen-bond acceptors (Lipinski definition) is 3. The van der Waals surface area contributed by atoms with Crippen LogP contribution in [0.5, 0.6) is 0 Å². The largest absolute Gasteiger partial charge is 0.385 e. The van der Waals surface area contributed by atoms with Gasteiger partial charge in [0.25, 0.3) is 5.91 Å². The number of rotatable bonds is 4. The third-order valence-electron chi connectivity index (χ3n) is 5.98. The van der Waals surface area contributed by atoms with Crippen LogP contribution in [-0.2, 0) is 6.42 Å². The van der Waals surface area contributed by atoms with E-state index in [1.165, 1.54) is 50.0 Å². The number of amides is 1.